The first-order valence-corrected chi connectivity index (χ1v) is 11.4. The van der Waals surface area contributed by atoms with E-state index >= 15 is 0 Å². The van der Waals surface area contributed by atoms with Gasteiger partial charge in [-0.15, -0.1) is 11.3 Å². The summed E-state index contributed by atoms with van der Waals surface area (Å²) in [7, 11) is 0. The minimum absolute atomic E-state index is 0.0634. The minimum atomic E-state index is -1.07. The first-order valence-electron chi connectivity index (χ1n) is 10.5. The molecule has 31 heavy (non-hydrogen) atoms. The van der Waals surface area contributed by atoms with Gasteiger partial charge in [-0.1, -0.05) is 12.1 Å². The number of esters is 1. The number of carbonyl (C=O) groups is 2. The predicted molar refractivity (Wildman–Crippen MR) is 114 cm³/mol. The van der Waals surface area contributed by atoms with Crippen molar-refractivity contribution in [3.63, 3.8) is 0 Å². The number of piperidine rings is 1. The maximum absolute atomic E-state index is 13.7. The number of fused-ring (bicyclic) bond motifs is 2. The highest BCUT2D eigenvalue weighted by atomic mass is 32.1. The van der Waals surface area contributed by atoms with Gasteiger partial charge in [-0.05, 0) is 50.3 Å². The number of anilines is 1. The number of aliphatic hydroxyl groups is 1. The van der Waals surface area contributed by atoms with Gasteiger partial charge in [0, 0.05) is 17.5 Å². The van der Waals surface area contributed by atoms with Gasteiger partial charge in [0.05, 0.1) is 30.9 Å². The summed E-state index contributed by atoms with van der Waals surface area (Å²) in [5.74, 6) is -0.877. The highest BCUT2D eigenvalue weighted by Crippen LogP contribution is 2.45. The van der Waals surface area contributed by atoms with Crippen molar-refractivity contribution in [3.8, 4) is 0 Å². The van der Waals surface area contributed by atoms with E-state index < -0.39 is 5.60 Å². The Bertz CT molecular complexity index is 952. The lowest BCUT2D eigenvalue weighted by Gasteiger charge is -2.43. The first kappa shape index (κ1) is 21.9. The number of amides is 1. The molecule has 0 saturated carbocycles. The third-order valence-corrected chi connectivity index (χ3v) is 6.84. The van der Waals surface area contributed by atoms with Crippen molar-refractivity contribution in [1.29, 1.82) is 0 Å². The molecule has 7 nitrogen and oxygen atoms in total. The van der Waals surface area contributed by atoms with Crippen LogP contribution in [0.25, 0.3) is 0 Å². The van der Waals surface area contributed by atoms with Gasteiger partial charge in [-0.25, -0.2) is 9.37 Å². The van der Waals surface area contributed by atoms with Crippen LogP contribution in [0.3, 0.4) is 0 Å². The fourth-order valence-electron chi connectivity index (χ4n) is 4.72. The van der Waals surface area contributed by atoms with Crippen LogP contribution >= 0.6 is 11.3 Å². The van der Waals surface area contributed by atoms with Gasteiger partial charge in [0.2, 0.25) is 5.91 Å². The van der Waals surface area contributed by atoms with Gasteiger partial charge in [-0.3, -0.25) is 14.5 Å². The Labute approximate surface area is 184 Å². The van der Waals surface area contributed by atoms with E-state index in [1.807, 2.05) is 0 Å². The molecule has 3 atom stereocenters. The molecule has 1 aromatic carbocycles. The number of rotatable bonds is 7. The molecule has 2 saturated heterocycles. The average molecular weight is 448 g/mol. The van der Waals surface area contributed by atoms with Crippen LogP contribution in [0.2, 0.25) is 0 Å². The van der Waals surface area contributed by atoms with Crippen LogP contribution in [0.4, 0.5) is 9.52 Å². The van der Waals surface area contributed by atoms with E-state index in [1.54, 1.807) is 24.4 Å². The molecule has 0 aliphatic carbocycles. The topological polar surface area (TPSA) is 91.8 Å². The summed E-state index contributed by atoms with van der Waals surface area (Å²) >= 11 is 1.27. The largest absolute Gasteiger partial charge is 0.466 e. The van der Waals surface area contributed by atoms with Gasteiger partial charge in [0.1, 0.15) is 5.82 Å². The average Bonchev–Trinajstić information content (AvgIpc) is 3.23. The molecular formula is C22H26FN3O4S. The first-order chi connectivity index (χ1) is 14.9. The third kappa shape index (κ3) is 4.94. The fraction of sp³-hybridized carbons (Fsp3) is 0.500. The second kappa shape index (κ2) is 9.02. The van der Waals surface area contributed by atoms with Crippen molar-refractivity contribution >= 4 is 28.3 Å². The molecule has 1 aromatic heterocycles. The van der Waals surface area contributed by atoms with E-state index in [0.29, 0.717) is 35.8 Å². The van der Waals surface area contributed by atoms with Crippen LogP contribution in [0, 0.1) is 5.82 Å². The smallest absolute Gasteiger partial charge is 0.311 e. The van der Waals surface area contributed by atoms with Crippen LogP contribution in [-0.2, 0) is 26.3 Å². The van der Waals surface area contributed by atoms with Gasteiger partial charge in [-0.2, -0.15) is 0 Å². The Morgan fingerprint density at radius 2 is 2.10 bits per heavy atom. The zero-order chi connectivity index (χ0) is 22.0. The van der Waals surface area contributed by atoms with Gasteiger partial charge in [0.25, 0.3) is 0 Å². The molecule has 2 aliphatic heterocycles. The maximum Gasteiger partial charge on any atom is 0.311 e. The lowest BCUT2D eigenvalue weighted by Crippen LogP contribution is -2.51. The van der Waals surface area contributed by atoms with Gasteiger partial charge in [0.15, 0.2) is 5.13 Å². The van der Waals surface area contributed by atoms with Crippen molar-refractivity contribution in [2.24, 2.45) is 0 Å². The van der Waals surface area contributed by atoms with Crippen LogP contribution in [-0.4, -0.2) is 52.1 Å². The molecule has 1 unspecified atom stereocenters. The molecule has 3 heterocycles. The SMILES string of the molecule is CCOC(=O)Cc1csc(NC(=O)CN2[C@@H]3CC[C@H]2CC(O)(c2cccc(F)c2)C3)n1. The molecule has 4 rings (SSSR count). The van der Waals surface area contributed by atoms with Crippen molar-refractivity contribution in [1.82, 2.24) is 9.88 Å². The molecule has 2 aliphatic rings. The van der Waals surface area contributed by atoms with E-state index in [9.17, 15) is 19.1 Å². The number of aromatic nitrogens is 1. The Kier molecular flexibility index (Phi) is 6.36. The zero-order valence-corrected chi connectivity index (χ0v) is 18.2. The monoisotopic (exact) mass is 447 g/mol. The third-order valence-electron chi connectivity index (χ3n) is 6.03. The van der Waals surface area contributed by atoms with E-state index in [-0.39, 0.29) is 42.7 Å². The molecule has 2 aromatic rings. The minimum Gasteiger partial charge on any atom is -0.466 e. The van der Waals surface area contributed by atoms with Gasteiger partial charge >= 0.3 is 5.97 Å². The number of hydrogen-bond acceptors (Lipinski definition) is 7. The number of nitrogens with one attached hydrogen (secondary N) is 1. The number of ether oxygens (including phenoxy) is 1. The highest BCUT2D eigenvalue weighted by Gasteiger charge is 2.48. The van der Waals surface area contributed by atoms with E-state index in [1.165, 1.54) is 23.5 Å². The summed E-state index contributed by atoms with van der Waals surface area (Å²) < 4.78 is 18.6. The number of thiazole rings is 1. The highest BCUT2D eigenvalue weighted by molar-refractivity contribution is 7.13. The second-order valence-electron chi connectivity index (χ2n) is 8.18. The fourth-order valence-corrected chi connectivity index (χ4v) is 5.44. The summed E-state index contributed by atoms with van der Waals surface area (Å²) in [5.41, 5.74) is 0.0976. The van der Waals surface area contributed by atoms with Crippen LogP contribution < -0.4 is 5.32 Å². The summed E-state index contributed by atoms with van der Waals surface area (Å²) in [6.45, 7) is 2.28. The Morgan fingerprint density at radius 1 is 1.35 bits per heavy atom. The molecule has 0 radical (unpaired) electrons. The standard InChI is InChI=1S/C22H26FN3O4S/c1-2-30-20(28)9-16-13-31-21(24-16)25-19(27)12-26-17-6-7-18(26)11-22(29,10-17)14-4-3-5-15(23)8-14/h3-5,8,13,17-18,29H,2,6-7,9-12H2,1H3,(H,24,25,27)/t17-,18+,22?. The molecule has 166 valence electrons. The molecule has 9 heteroatoms. The lowest BCUT2D eigenvalue weighted by atomic mass is 9.80. The summed E-state index contributed by atoms with van der Waals surface area (Å²) in [5, 5.41) is 16.2. The number of hydrogen-bond donors (Lipinski definition) is 2. The van der Waals surface area contributed by atoms with Crippen molar-refractivity contribution in [2.75, 3.05) is 18.5 Å². The van der Waals surface area contributed by atoms with Crippen molar-refractivity contribution < 1.29 is 23.8 Å². The predicted octanol–water partition coefficient (Wildman–Crippen LogP) is 2.84. The van der Waals surface area contributed by atoms with E-state index in [2.05, 4.69) is 15.2 Å². The van der Waals surface area contributed by atoms with Crippen molar-refractivity contribution in [2.45, 2.75) is 56.7 Å². The van der Waals surface area contributed by atoms with Crippen LogP contribution in [0.1, 0.15) is 43.9 Å². The van der Waals surface area contributed by atoms with Crippen LogP contribution in [0.5, 0.6) is 0 Å². The number of halogens is 1. The normalized spacial score (nSPS) is 25.4. The lowest BCUT2D eigenvalue weighted by molar-refractivity contribution is -0.142. The molecular weight excluding hydrogens is 421 g/mol. The number of benzene rings is 1. The number of carbonyl (C=O) groups excluding carboxylic acids is 2. The number of nitrogens with zero attached hydrogens (tertiary/aromatic N) is 2. The Hall–Kier alpha value is -2.36. The van der Waals surface area contributed by atoms with Gasteiger partial charge < -0.3 is 15.2 Å². The molecule has 0 spiro atoms. The summed E-state index contributed by atoms with van der Waals surface area (Å²) in [4.78, 5) is 30.6. The van der Waals surface area contributed by atoms with E-state index in [4.69, 9.17) is 4.74 Å². The quantitative estimate of drug-likeness (QED) is 0.635. The van der Waals surface area contributed by atoms with E-state index in [0.717, 1.165) is 12.8 Å². The zero-order valence-electron chi connectivity index (χ0n) is 17.3. The van der Waals surface area contributed by atoms with Crippen molar-refractivity contribution in [3.05, 3.63) is 46.7 Å². The molecule has 1 amide bonds. The van der Waals surface area contributed by atoms with Crippen LogP contribution in [0.15, 0.2) is 29.6 Å². The maximum atomic E-state index is 13.7. The summed E-state index contributed by atoms with van der Waals surface area (Å²) in [6, 6.07) is 6.29. The summed E-state index contributed by atoms with van der Waals surface area (Å²) in [6.07, 6.45) is 2.82. The molecule has 2 N–H and O–H groups in total. The Balaban J connectivity index is 1.35. The molecule has 2 fully saturated rings. The molecule has 2 bridgehead atoms. The Morgan fingerprint density at radius 3 is 2.77 bits per heavy atom. The second-order valence-corrected chi connectivity index (χ2v) is 9.04.